The van der Waals surface area contributed by atoms with E-state index in [2.05, 4.69) is 24.2 Å². The predicted molar refractivity (Wildman–Crippen MR) is 64.3 cm³/mol. The van der Waals surface area contributed by atoms with Gasteiger partial charge in [-0.05, 0) is 32.9 Å². The first kappa shape index (κ1) is 13.5. The number of hydrogen-bond donors (Lipinski definition) is 1. The highest BCUT2D eigenvalue weighted by Gasteiger charge is 2.26. The monoisotopic (exact) mass is 228 g/mol. The van der Waals surface area contributed by atoms with Crippen LogP contribution >= 0.6 is 0 Å². The number of hydrogen-bond acceptors (Lipinski definition) is 4. The summed E-state index contributed by atoms with van der Waals surface area (Å²) in [6, 6.07) is 0.517. The molecular weight excluding hydrogens is 204 g/mol. The van der Waals surface area contributed by atoms with E-state index in [9.17, 15) is 4.79 Å². The van der Waals surface area contributed by atoms with Crippen LogP contribution in [-0.2, 0) is 9.53 Å². The molecule has 4 nitrogen and oxygen atoms in total. The molecule has 2 unspecified atom stereocenters. The van der Waals surface area contributed by atoms with Gasteiger partial charge in [0.15, 0.2) is 0 Å². The Labute approximate surface area is 98.3 Å². The number of likely N-dealkylation sites (tertiary alicyclic amines) is 1. The third-order valence-corrected chi connectivity index (χ3v) is 2.97. The van der Waals surface area contributed by atoms with E-state index in [1.165, 1.54) is 0 Å². The molecule has 1 heterocycles. The summed E-state index contributed by atoms with van der Waals surface area (Å²) in [4.78, 5) is 13.7. The Morgan fingerprint density at radius 3 is 2.81 bits per heavy atom. The maximum absolute atomic E-state index is 11.4. The van der Waals surface area contributed by atoms with Gasteiger partial charge >= 0.3 is 5.97 Å². The molecule has 1 N–H and O–H groups in total. The topological polar surface area (TPSA) is 41.6 Å². The Kier molecular flexibility index (Phi) is 5.77. The molecule has 16 heavy (non-hydrogen) atoms. The summed E-state index contributed by atoms with van der Waals surface area (Å²) in [6.45, 7) is 7.53. The first-order valence-electron chi connectivity index (χ1n) is 6.23. The summed E-state index contributed by atoms with van der Waals surface area (Å²) in [7, 11) is 2.11. The second kappa shape index (κ2) is 6.86. The van der Waals surface area contributed by atoms with Crippen LogP contribution in [0.25, 0.3) is 0 Å². The van der Waals surface area contributed by atoms with Gasteiger partial charge in [-0.15, -0.1) is 0 Å². The van der Waals surface area contributed by atoms with E-state index < -0.39 is 0 Å². The lowest BCUT2D eigenvalue weighted by molar-refractivity contribution is -0.144. The fourth-order valence-electron chi connectivity index (χ4n) is 2.48. The van der Waals surface area contributed by atoms with Gasteiger partial charge in [-0.2, -0.15) is 0 Å². The Hall–Kier alpha value is -0.610. The van der Waals surface area contributed by atoms with Crippen LogP contribution in [0.1, 0.15) is 26.7 Å². The molecule has 2 atom stereocenters. The fraction of sp³-hybridized carbons (Fsp3) is 0.917. The smallest absolute Gasteiger partial charge is 0.306 e. The molecule has 0 saturated carbocycles. The van der Waals surface area contributed by atoms with Crippen molar-refractivity contribution in [2.24, 2.45) is 5.92 Å². The van der Waals surface area contributed by atoms with Crippen LogP contribution in [0.3, 0.4) is 0 Å². The molecule has 0 amide bonds. The van der Waals surface area contributed by atoms with Gasteiger partial charge in [-0.25, -0.2) is 0 Å². The molecule has 4 heteroatoms. The standard InChI is InChI=1S/C12H24N2O2/c1-4-13-11-6-10(8-14(3)9-11)7-12(15)16-5-2/h10-11,13H,4-9H2,1-3H3. The van der Waals surface area contributed by atoms with Gasteiger partial charge in [0.2, 0.25) is 0 Å². The van der Waals surface area contributed by atoms with Crippen molar-refractivity contribution in [1.29, 1.82) is 0 Å². The summed E-state index contributed by atoms with van der Waals surface area (Å²) in [5, 5.41) is 3.46. The zero-order chi connectivity index (χ0) is 12.0. The molecule has 0 radical (unpaired) electrons. The van der Waals surface area contributed by atoms with Crippen molar-refractivity contribution >= 4 is 5.97 Å². The summed E-state index contributed by atoms with van der Waals surface area (Å²) in [6.07, 6.45) is 1.64. The first-order chi connectivity index (χ1) is 7.65. The van der Waals surface area contributed by atoms with Crippen LogP contribution in [-0.4, -0.2) is 50.2 Å². The zero-order valence-electron chi connectivity index (χ0n) is 10.7. The molecule has 0 bridgehead atoms. The van der Waals surface area contributed by atoms with Gasteiger partial charge in [-0.3, -0.25) is 4.79 Å². The molecule has 1 aliphatic rings. The minimum atomic E-state index is -0.0574. The number of rotatable bonds is 5. The molecule has 1 aliphatic heterocycles. The Morgan fingerprint density at radius 2 is 2.19 bits per heavy atom. The predicted octanol–water partition coefficient (Wildman–Crippen LogP) is 0.869. The molecule has 0 aromatic carbocycles. The average Bonchev–Trinajstić information content (AvgIpc) is 2.17. The third kappa shape index (κ3) is 4.49. The molecular formula is C12H24N2O2. The van der Waals surface area contributed by atoms with Crippen molar-refractivity contribution in [1.82, 2.24) is 10.2 Å². The molecule has 0 aromatic heterocycles. The van der Waals surface area contributed by atoms with Crippen molar-refractivity contribution in [3.8, 4) is 0 Å². The number of carbonyl (C=O) groups is 1. The van der Waals surface area contributed by atoms with Gasteiger partial charge in [0.05, 0.1) is 6.61 Å². The molecule has 0 spiro atoms. The van der Waals surface area contributed by atoms with E-state index >= 15 is 0 Å². The summed E-state index contributed by atoms with van der Waals surface area (Å²) in [5.41, 5.74) is 0. The minimum Gasteiger partial charge on any atom is -0.466 e. The maximum Gasteiger partial charge on any atom is 0.306 e. The average molecular weight is 228 g/mol. The lowest BCUT2D eigenvalue weighted by Gasteiger charge is -2.35. The van der Waals surface area contributed by atoms with E-state index in [4.69, 9.17) is 4.74 Å². The Bertz CT molecular complexity index is 221. The van der Waals surface area contributed by atoms with Crippen molar-refractivity contribution in [3.05, 3.63) is 0 Å². The molecule has 0 aromatic rings. The third-order valence-electron chi connectivity index (χ3n) is 2.97. The molecule has 94 valence electrons. The lowest BCUT2D eigenvalue weighted by atomic mass is 9.92. The number of likely N-dealkylation sites (N-methyl/N-ethyl adjacent to an activating group) is 2. The van der Waals surface area contributed by atoms with Crippen LogP contribution in [0.5, 0.6) is 0 Å². The summed E-state index contributed by atoms with van der Waals surface area (Å²) >= 11 is 0. The number of piperidine rings is 1. The molecule has 1 fully saturated rings. The maximum atomic E-state index is 11.4. The quantitative estimate of drug-likeness (QED) is 0.709. The van der Waals surface area contributed by atoms with Crippen LogP contribution < -0.4 is 5.32 Å². The van der Waals surface area contributed by atoms with E-state index in [0.717, 1.165) is 26.1 Å². The van der Waals surface area contributed by atoms with Gasteiger partial charge in [0.25, 0.3) is 0 Å². The highest BCUT2D eigenvalue weighted by molar-refractivity contribution is 5.69. The first-order valence-corrected chi connectivity index (χ1v) is 6.23. The van der Waals surface area contributed by atoms with Gasteiger partial charge in [0, 0.05) is 25.6 Å². The van der Waals surface area contributed by atoms with Crippen molar-refractivity contribution in [3.63, 3.8) is 0 Å². The largest absolute Gasteiger partial charge is 0.466 e. The molecule has 1 saturated heterocycles. The van der Waals surface area contributed by atoms with E-state index in [-0.39, 0.29) is 5.97 Å². The van der Waals surface area contributed by atoms with E-state index in [1.54, 1.807) is 0 Å². The van der Waals surface area contributed by atoms with E-state index in [0.29, 0.717) is 25.0 Å². The van der Waals surface area contributed by atoms with Crippen LogP contribution in [0.4, 0.5) is 0 Å². The van der Waals surface area contributed by atoms with Crippen LogP contribution in [0.15, 0.2) is 0 Å². The number of esters is 1. The normalized spacial score (nSPS) is 26.7. The number of carbonyl (C=O) groups excluding carboxylic acids is 1. The lowest BCUT2D eigenvalue weighted by Crippen LogP contribution is -2.48. The van der Waals surface area contributed by atoms with Gasteiger partial charge in [-0.1, -0.05) is 6.92 Å². The fourth-order valence-corrected chi connectivity index (χ4v) is 2.48. The van der Waals surface area contributed by atoms with E-state index in [1.807, 2.05) is 6.92 Å². The van der Waals surface area contributed by atoms with Gasteiger partial charge < -0.3 is 15.0 Å². The Balaban J connectivity index is 2.37. The molecule has 0 aliphatic carbocycles. The number of ether oxygens (including phenoxy) is 1. The summed E-state index contributed by atoms with van der Waals surface area (Å²) in [5.74, 6) is 0.375. The highest BCUT2D eigenvalue weighted by Crippen LogP contribution is 2.19. The van der Waals surface area contributed by atoms with Gasteiger partial charge in [0.1, 0.15) is 0 Å². The van der Waals surface area contributed by atoms with Crippen molar-refractivity contribution in [2.75, 3.05) is 33.3 Å². The SMILES string of the molecule is CCNC1CC(CC(=O)OCC)CN(C)C1. The highest BCUT2D eigenvalue weighted by atomic mass is 16.5. The van der Waals surface area contributed by atoms with Crippen molar-refractivity contribution in [2.45, 2.75) is 32.7 Å². The second-order valence-electron chi connectivity index (χ2n) is 4.59. The van der Waals surface area contributed by atoms with Crippen molar-refractivity contribution < 1.29 is 9.53 Å². The Morgan fingerprint density at radius 1 is 1.44 bits per heavy atom. The minimum absolute atomic E-state index is 0.0574. The van der Waals surface area contributed by atoms with Crippen LogP contribution in [0.2, 0.25) is 0 Å². The molecule has 1 rings (SSSR count). The second-order valence-corrected chi connectivity index (χ2v) is 4.59. The summed E-state index contributed by atoms with van der Waals surface area (Å²) < 4.78 is 5.00. The number of nitrogens with one attached hydrogen (secondary N) is 1. The van der Waals surface area contributed by atoms with Crippen LogP contribution in [0, 0.1) is 5.92 Å². The number of nitrogens with zero attached hydrogens (tertiary/aromatic N) is 1. The zero-order valence-corrected chi connectivity index (χ0v) is 10.7.